The molecule has 1 spiro atoms. The first-order valence-corrected chi connectivity index (χ1v) is 10.3. The standard InChI is InChI=1S/C23H22FN3O5/c1-11(28)19-17-18(23(26-19)15-9-13(24)5-8-16(15)25-22(23)31)21(30)27(20(17)29)10-12-3-6-14(32-2)7-4-12/h3-9,11,17-19,26,28H,10H2,1-2H3,(H,25,31). The molecule has 2 fully saturated rings. The van der Waals surface area contributed by atoms with E-state index in [1.807, 2.05) is 0 Å². The predicted molar refractivity (Wildman–Crippen MR) is 111 cm³/mol. The average molecular weight is 439 g/mol. The number of anilines is 1. The first-order valence-electron chi connectivity index (χ1n) is 10.3. The number of nitrogens with zero attached hydrogens (tertiary/aromatic N) is 1. The Balaban J connectivity index is 1.58. The molecule has 32 heavy (non-hydrogen) atoms. The molecule has 2 saturated heterocycles. The third-order valence-corrected chi connectivity index (χ3v) is 6.72. The van der Waals surface area contributed by atoms with Crippen molar-refractivity contribution in [3.8, 4) is 5.75 Å². The van der Waals surface area contributed by atoms with Crippen molar-refractivity contribution in [2.24, 2.45) is 11.8 Å². The summed E-state index contributed by atoms with van der Waals surface area (Å²) < 4.78 is 19.3. The minimum absolute atomic E-state index is 0.0227. The number of aliphatic hydroxyl groups is 1. The first-order chi connectivity index (χ1) is 15.3. The Bertz CT molecular complexity index is 1130. The van der Waals surface area contributed by atoms with Crippen molar-refractivity contribution in [2.75, 3.05) is 12.4 Å². The van der Waals surface area contributed by atoms with E-state index in [-0.39, 0.29) is 12.1 Å². The quantitative estimate of drug-likeness (QED) is 0.617. The summed E-state index contributed by atoms with van der Waals surface area (Å²) in [5.41, 5.74) is -0.272. The highest BCUT2D eigenvalue weighted by Gasteiger charge is 2.71. The van der Waals surface area contributed by atoms with Gasteiger partial charge in [-0.2, -0.15) is 0 Å². The molecule has 3 amide bonds. The molecule has 3 heterocycles. The van der Waals surface area contributed by atoms with E-state index in [4.69, 9.17) is 4.74 Å². The topological polar surface area (TPSA) is 108 Å². The second-order valence-electron chi connectivity index (χ2n) is 8.48. The molecule has 5 rings (SSSR count). The third kappa shape index (κ3) is 2.71. The van der Waals surface area contributed by atoms with Gasteiger partial charge in [-0.15, -0.1) is 0 Å². The number of rotatable bonds is 4. The molecule has 166 valence electrons. The van der Waals surface area contributed by atoms with Crippen LogP contribution in [-0.2, 0) is 26.5 Å². The number of nitrogens with one attached hydrogen (secondary N) is 2. The minimum Gasteiger partial charge on any atom is -0.497 e. The SMILES string of the molecule is COc1ccc(CN2C(=O)C3C(C(C)O)NC4(C(=O)Nc5ccc(F)cc54)C3C2=O)cc1. The lowest BCUT2D eigenvalue weighted by molar-refractivity contribution is -0.143. The Kier molecular flexibility index (Phi) is 4.58. The summed E-state index contributed by atoms with van der Waals surface area (Å²) in [4.78, 5) is 41.3. The summed E-state index contributed by atoms with van der Waals surface area (Å²) in [6, 6.07) is 9.96. The van der Waals surface area contributed by atoms with Crippen LogP contribution in [0, 0.1) is 17.7 Å². The monoisotopic (exact) mass is 439 g/mol. The van der Waals surface area contributed by atoms with E-state index < -0.39 is 53.1 Å². The predicted octanol–water partition coefficient (Wildman–Crippen LogP) is 1.14. The van der Waals surface area contributed by atoms with Gasteiger partial charge in [0.25, 0.3) is 0 Å². The van der Waals surface area contributed by atoms with Crippen molar-refractivity contribution in [3.05, 3.63) is 59.4 Å². The Morgan fingerprint density at radius 1 is 1.16 bits per heavy atom. The van der Waals surface area contributed by atoms with Gasteiger partial charge in [0.1, 0.15) is 17.1 Å². The van der Waals surface area contributed by atoms with Gasteiger partial charge >= 0.3 is 0 Å². The highest BCUT2D eigenvalue weighted by molar-refractivity contribution is 6.15. The van der Waals surface area contributed by atoms with Crippen LogP contribution in [-0.4, -0.2) is 47.0 Å². The maximum absolute atomic E-state index is 14.1. The van der Waals surface area contributed by atoms with E-state index in [1.54, 1.807) is 31.4 Å². The molecule has 0 bridgehead atoms. The zero-order chi connectivity index (χ0) is 22.8. The minimum atomic E-state index is -1.63. The molecule has 9 heteroatoms. The van der Waals surface area contributed by atoms with Crippen molar-refractivity contribution < 1.29 is 28.6 Å². The fourth-order valence-electron chi connectivity index (χ4n) is 5.25. The van der Waals surface area contributed by atoms with E-state index in [0.29, 0.717) is 17.0 Å². The van der Waals surface area contributed by atoms with E-state index >= 15 is 0 Å². The van der Waals surface area contributed by atoms with E-state index in [9.17, 15) is 23.9 Å². The van der Waals surface area contributed by atoms with Crippen LogP contribution in [0.2, 0.25) is 0 Å². The molecule has 2 aromatic carbocycles. The van der Waals surface area contributed by atoms with Crippen LogP contribution in [0.5, 0.6) is 5.75 Å². The van der Waals surface area contributed by atoms with E-state index in [2.05, 4.69) is 10.6 Å². The summed E-state index contributed by atoms with van der Waals surface area (Å²) in [6.07, 6.45) is -1.02. The molecule has 5 atom stereocenters. The van der Waals surface area contributed by atoms with Crippen LogP contribution in [0.3, 0.4) is 0 Å². The van der Waals surface area contributed by atoms with Gasteiger partial charge in [0, 0.05) is 17.3 Å². The number of carbonyl (C=O) groups is 3. The number of halogens is 1. The van der Waals surface area contributed by atoms with Gasteiger partial charge in [0.15, 0.2) is 0 Å². The van der Waals surface area contributed by atoms with Crippen LogP contribution in [0.25, 0.3) is 0 Å². The number of hydrogen-bond acceptors (Lipinski definition) is 6. The van der Waals surface area contributed by atoms with Crippen LogP contribution < -0.4 is 15.4 Å². The van der Waals surface area contributed by atoms with Gasteiger partial charge in [-0.3, -0.25) is 24.6 Å². The van der Waals surface area contributed by atoms with Gasteiger partial charge in [-0.1, -0.05) is 12.1 Å². The highest BCUT2D eigenvalue weighted by Crippen LogP contribution is 2.53. The Morgan fingerprint density at radius 2 is 1.88 bits per heavy atom. The lowest BCUT2D eigenvalue weighted by atomic mass is 9.76. The number of aliphatic hydroxyl groups excluding tert-OH is 1. The van der Waals surface area contributed by atoms with Crippen molar-refractivity contribution in [2.45, 2.75) is 31.2 Å². The zero-order valence-electron chi connectivity index (χ0n) is 17.5. The Morgan fingerprint density at radius 3 is 2.53 bits per heavy atom. The molecule has 5 unspecified atom stereocenters. The fraction of sp³-hybridized carbons (Fsp3) is 0.348. The van der Waals surface area contributed by atoms with Crippen molar-refractivity contribution in [3.63, 3.8) is 0 Å². The number of likely N-dealkylation sites (tertiary alicyclic amines) is 1. The van der Waals surface area contributed by atoms with Gasteiger partial charge < -0.3 is 15.2 Å². The molecular weight excluding hydrogens is 417 g/mol. The van der Waals surface area contributed by atoms with Gasteiger partial charge in [0.05, 0.1) is 31.6 Å². The molecule has 2 aromatic rings. The normalized spacial score (nSPS) is 29.3. The second-order valence-corrected chi connectivity index (χ2v) is 8.48. The Labute approximate surface area is 183 Å². The van der Waals surface area contributed by atoms with Crippen LogP contribution in [0.4, 0.5) is 10.1 Å². The summed E-state index contributed by atoms with van der Waals surface area (Å²) in [5.74, 6) is -3.52. The summed E-state index contributed by atoms with van der Waals surface area (Å²) >= 11 is 0. The number of ether oxygens (including phenoxy) is 1. The summed E-state index contributed by atoms with van der Waals surface area (Å²) in [5, 5.41) is 16.1. The summed E-state index contributed by atoms with van der Waals surface area (Å²) in [7, 11) is 1.54. The number of benzene rings is 2. The highest BCUT2D eigenvalue weighted by atomic mass is 19.1. The van der Waals surface area contributed by atoms with Gasteiger partial charge in [0.2, 0.25) is 17.7 Å². The number of methoxy groups -OCH3 is 1. The number of amides is 3. The summed E-state index contributed by atoms with van der Waals surface area (Å²) in [6.45, 7) is 1.52. The molecular formula is C23H22FN3O5. The molecule has 8 nitrogen and oxygen atoms in total. The zero-order valence-corrected chi connectivity index (χ0v) is 17.5. The van der Waals surface area contributed by atoms with E-state index in [1.165, 1.54) is 25.1 Å². The second kappa shape index (κ2) is 7.11. The van der Waals surface area contributed by atoms with E-state index in [0.717, 1.165) is 4.90 Å². The maximum atomic E-state index is 14.1. The van der Waals surface area contributed by atoms with Crippen LogP contribution in [0.1, 0.15) is 18.1 Å². The maximum Gasteiger partial charge on any atom is 0.250 e. The van der Waals surface area contributed by atoms with Crippen LogP contribution in [0.15, 0.2) is 42.5 Å². The molecule has 0 aliphatic carbocycles. The molecule has 3 aliphatic rings. The number of hydrogen-bond donors (Lipinski definition) is 3. The molecule has 0 radical (unpaired) electrons. The molecule has 0 saturated carbocycles. The van der Waals surface area contributed by atoms with Crippen molar-refractivity contribution in [1.29, 1.82) is 0 Å². The smallest absolute Gasteiger partial charge is 0.250 e. The number of carbonyl (C=O) groups excluding carboxylic acids is 3. The van der Waals surface area contributed by atoms with Crippen LogP contribution >= 0.6 is 0 Å². The van der Waals surface area contributed by atoms with Gasteiger partial charge in [-0.05, 0) is 42.8 Å². The first kappa shape index (κ1) is 20.6. The lowest BCUT2D eigenvalue weighted by Gasteiger charge is -2.30. The Hall–Kier alpha value is -3.30. The number of fused-ring (bicyclic) bond motifs is 4. The molecule has 3 N–H and O–H groups in total. The lowest BCUT2D eigenvalue weighted by Crippen LogP contribution is -2.54. The number of imide groups is 1. The average Bonchev–Trinajstić information content (AvgIpc) is 3.36. The fourth-order valence-corrected chi connectivity index (χ4v) is 5.25. The van der Waals surface area contributed by atoms with Crippen molar-refractivity contribution in [1.82, 2.24) is 10.2 Å². The molecule has 0 aromatic heterocycles. The third-order valence-electron chi connectivity index (χ3n) is 6.72. The van der Waals surface area contributed by atoms with Crippen molar-refractivity contribution >= 4 is 23.4 Å². The van der Waals surface area contributed by atoms with Gasteiger partial charge in [-0.25, -0.2) is 4.39 Å². The molecule has 3 aliphatic heterocycles. The largest absolute Gasteiger partial charge is 0.497 e.